The highest BCUT2D eigenvalue weighted by atomic mass is 32.1. The van der Waals surface area contributed by atoms with E-state index in [4.69, 9.17) is 0 Å². The summed E-state index contributed by atoms with van der Waals surface area (Å²) < 4.78 is 0. The summed E-state index contributed by atoms with van der Waals surface area (Å²) in [6.07, 6.45) is 2.80. The molecule has 3 fully saturated rings. The SMILES string of the molecule is CC(C)(C)CC(=O)N(Cc1cccs1)C1CC(C(=O)N2CCNCC2)N(C(=O)C2CC2)C1. The molecule has 0 radical (unpaired) electrons. The number of nitrogens with one attached hydrogen (secondary N) is 1. The fourth-order valence-electron chi connectivity index (χ4n) is 4.72. The van der Waals surface area contributed by atoms with E-state index in [2.05, 4.69) is 26.1 Å². The van der Waals surface area contributed by atoms with Gasteiger partial charge in [-0.15, -0.1) is 11.3 Å². The zero-order valence-electron chi connectivity index (χ0n) is 19.5. The summed E-state index contributed by atoms with van der Waals surface area (Å²) in [5, 5.41) is 5.31. The molecule has 0 spiro atoms. The normalized spacial score (nSPS) is 24.0. The van der Waals surface area contributed by atoms with Crippen molar-refractivity contribution >= 4 is 29.1 Å². The molecule has 0 bridgehead atoms. The summed E-state index contributed by atoms with van der Waals surface area (Å²) in [5.74, 6) is 0.302. The second-order valence-corrected chi connectivity index (χ2v) is 11.6. The highest BCUT2D eigenvalue weighted by Crippen LogP contribution is 2.36. The van der Waals surface area contributed by atoms with Gasteiger partial charge < -0.3 is 20.0 Å². The summed E-state index contributed by atoms with van der Waals surface area (Å²) in [4.78, 5) is 46.7. The van der Waals surface area contributed by atoms with Crippen LogP contribution in [0.4, 0.5) is 0 Å². The Bertz CT molecular complexity index is 825. The summed E-state index contributed by atoms with van der Waals surface area (Å²) in [6.45, 7) is 10.1. The van der Waals surface area contributed by atoms with Crippen molar-refractivity contribution in [3.63, 3.8) is 0 Å². The molecule has 1 aromatic heterocycles. The van der Waals surface area contributed by atoms with Crippen molar-refractivity contribution in [3.8, 4) is 0 Å². The average Bonchev–Trinajstić information content (AvgIpc) is 3.30. The van der Waals surface area contributed by atoms with Crippen LogP contribution in [0.5, 0.6) is 0 Å². The fourth-order valence-corrected chi connectivity index (χ4v) is 5.43. The van der Waals surface area contributed by atoms with Crippen molar-refractivity contribution in [1.29, 1.82) is 0 Å². The minimum atomic E-state index is -0.459. The third kappa shape index (κ3) is 5.52. The summed E-state index contributed by atoms with van der Waals surface area (Å²) >= 11 is 1.64. The molecule has 32 heavy (non-hydrogen) atoms. The standard InChI is InChI=1S/C24H36N4O3S/c1-24(2,3)14-21(29)27(16-19-5-4-12-32-19)18-13-20(23(31)26-10-8-25-9-11-26)28(15-18)22(30)17-6-7-17/h4-5,12,17-18,20,25H,6-11,13-16H2,1-3H3. The molecule has 1 aliphatic carbocycles. The largest absolute Gasteiger partial charge is 0.338 e. The molecule has 3 amide bonds. The van der Waals surface area contributed by atoms with Gasteiger partial charge >= 0.3 is 0 Å². The zero-order valence-corrected chi connectivity index (χ0v) is 20.3. The third-order valence-corrected chi connectivity index (χ3v) is 7.41. The highest BCUT2D eigenvalue weighted by Gasteiger charge is 2.47. The third-order valence-electron chi connectivity index (χ3n) is 6.55. The van der Waals surface area contributed by atoms with Crippen molar-refractivity contribution in [2.75, 3.05) is 32.7 Å². The maximum atomic E-state index is 13.4. The van der Waals surface area contributed by atoms with E-state index in [1.54, 1.807) is 16.2 Å². The van der Waals surface area contributed by atoms with Crippen LogP contribution in [0, 0.1) is 11.3 Å². The minimum Gasteiger partial charge on any atom is -0.338 e. The van der Waals surface area contributed by atoms with E-state index in [-0.39, 0.29) is 35.1 Å². The van der Waals surface area contributed by atoms with Crippen LogP contribution in [0.1, 0.15) is 51.3 Å². The van der Waals surface area contributed by atoms with Crippen LogP contribution >= 0.6 is 11.3 Å². The lowest BCUT2D eigenvalue weighted by atomic mass is 9.91. The van der Waals surface area contributed by atoms with Crippen molar-refractivity contribution in [2.24, 2.45) is 11.3 Å². The number of carbonyl (C=O) groups excluding carboxylic acids is 3. The van der Waals surface area contributed by atoms with Gasteiger partial charge in [0.05, 0.1) is 12.6 Å². The van der Waals surface area contributed by atoms with Crippen molar-refractivity contribution in [1.82, 2.24) is 20.0 Å². The lowest BCUT2D eigenvalue weighted by molar-refractivity contribution is -0.144. The monoisotopic (exact) mass is 460 g/mol. The van der Waals surface area contributed by atoms with Crippen LogP contribution in [0.15, 0.2) is 17.5 Å². The Balaban J connectivity index is 1.56. The number of amides is 3. The zero-order chi connectivity index (χ0) is 22.9. The molecule has 3 aliphatic rings. The topological polar surface area (TPSA) is 73.0 Å². The number of piperazine rings is 1. The Morgan fingerprint density at radius 3 is 2.47 bits per heavy atom. The van der Waals surface area contributed by atoms with Gasteiger partial charge in [-0.05, 0) is 36.1 Å². The Hall–Kier alpha value is -1.93. The van der Waals surface area contributed by atoms with Crippen molar-refractivity contribution < 1.29 is 14.4 Å². The van der Waals surface area contributed by atoms with Crippen molar-refractivity contribution in [3.05, 3.63) is 22.4 Å². The van der Waals surface area contributed by atoms with Gasteiger partial charge in [-0.25, -0.2) is 0 Å². The summed E-state index contributed by atoms with van der Waals surface area (Å²) in [6, 6.07) is 3.46. The number of likely N-dealkylation sites (tertiary alicyclic amines) is 1. The van der Waals surface area contributed by atoms with Crippen molar-refractivity contribution in [2.45, 2.75) is 65.1 Å². The number of hydrogen-bond acceptors (Lipinski definition) is 5. The van der Waals surface area contributed by atoms with Gasteiger partial charge in [-0.2, -0.15) is 0 Å². The van der Waals surface area contributed by atoms with Crippen LogP contribution in [-0.2, 0) is 20.9 Å². The van der Waals surface area contributed by atoms with Crippen LogP contribution in [0.3, 0.4) is 0 Å². The van der Waals surface area contributed by atoms with Crippen LogP contribution in [0.2, 0.25) is 0 Å². The number of nitrogens with zero attached hydrogens (tertiary/aromatic N) is 3. The molecule has 4 rings (SSSR count). The number of thiophene rings is 1. The molecule has 2 unspecified atom stereocenters. The molecule has 1 saturated carbocycles. The first kappa shape index (κ1) is 23.2. The predicted octanol–water partition coefficient (Wildman–Crippen LogP) is 2.32. The molecular formula is C24H36N4O3S. The van der Waals surface area contributed by atoms with Gasteiger partial charge in [-0.1, -0.05) is 26.8 Å². The molecule has 2 atom stereocenters. The lowest BCUT2D eigenvalue weighted by Crippen LogP contribution is -2.53. The summed E-state index contributed by atoms with van der Waals surface area (Å²) in [5.41, 5.74) is -0.122. The maximum absolute atomic E-state index is 13.4. The molecule has 3 heterocycles. The molecule has 7 nitrogen and oxygen atoms in total. The van der Waals surface area contributed by atoms with Crippen LogP contribution in [-0.4, -0.2) is 77.2 Å². The molecule has 1 N–H and O–H groups in total. The number of hydrogen-bond donors (Lipinski definition) is 1. The van der Waals surface area contributed by atoms with Crippen LogP contribution in [0.25, 0.3) is 0 Å². The van der Waals surface area contributed by atoms with E-state index in [1.165, 1.54) is 0 Å². The highest BCUT2D eigenvalue weighted by molar-refractivity contribution is 7.09. The Morgan fingerprint density at radius 2 is 1.88 bits per heavy atom. The maximum Gasteiger partial charge on any atom is 0.245 e. The molecule has 1 aromatic rings. The lowest BCUT2D eigenvalue weighted by Gasteiger charge is -2.32. The van der Waals surface area contributed by atoms with E-state index in [0.29, 0.717) is 39.0 Å². The Morgan fingerprint density at radius 1 is 1.16 bits per heavy atom. The molecule has 8 heteroatoms. The number of carbonyl (C=O) groups is 3. The summed E-state index contributed by atoms with van der Waals surface area (Å²) in [7, 11) is 0. The fraction of sp³-hybridized carbons (Fsp3) is 0.708. The Kier molecular flexibility index (Phi) is 6.91. The smallest absolute Gasteiger partial charge is 0.245 e. The van der Waals surface area contributed by atoms with Gasteiger partial charge in [0.25, 0.3) is 0 Å². The minimum absolute atomic E-state index is 0.0438. The Labute approximate surface area is 195 Å². The first-order valence-corrected chi connectivity index (χ1v) is 12.7. The molecule has 2 aliphatic heterocycles. The second kappa shape index (κ2) is 9.51. The molecule has 2 saturated heterocycles. The van der Waals surface area contributed by atoms with Gasteiger partial charge in [0, 0.05) is 49.9 Å². The quantitative estimate of drug-likeness (QED) is 0.707. The average molecular weight is 461 g/mol. The second-order valence-electron chi connectivity index (χ2n) is 10.6. The van der Waals surface area contributed by atoms with E-state index in [1.807, 2.05) is 27.3 Å². The van der Waals surface area contributed by atoms with Gasteiger partial charge in [0.1, 0.15) is 6.04 Å². The van der Waals surface area contributed by atoms with Gasteiger partial charge in [0.2, 0.25) is 17.7 Å². The van der Waals surface area contributed by atoms with E-state index >= 15 is 0 Å². The molecular weight excluding hydrogens is 424 g/mol. The first-order chi connectivity index (χ1) is 15.2. The van der Waals surface area contributed by atoms with E-state index < -0.39 is 6.04 Å². The van der Waals surface area contributed by atoms with Gasteiger partial charge in [-0.3, -0.25) is 14.4 Å². The number of rotatable bonds is 6. The molecule has 0 aromatic carbocycles. The van der Waals surface area contributed by atoms with Gasteiger partial charge in [0.15, 0.2) is 0 Å². The van der Waals surface area contributed by atoms with E-state index in [0.717, 1.165) is 30.8 Å². The predicted molar refractivity (Wildman–Crippen MR) is 125 cm³/mol. The van der Waals surface area contributed by atoms with Crippen LogP contribution < -0.4 is 5.32 Å². The molecule has 176 valence electrons. The van der Waals surface area contributed by atoms with E-state index in [9.17, 15) is 14.4 Å². The first-order valence-electron chi connectivity index (χ1n) is 11.8.